The normalized spacial score (nSPS) is 12.8. The maximum absolute atomic E-state index is 12.5. The number of nitrogens with one attached hydrogen (secondary N) is 1. The third-order valence-corrected chi connectivity index (χ3v) is 5.16. The van der Waals surface area contributed by atoms with E-state index in [4.69, 9.17) is 0 Å². The summed E-state index contributed by atoms with van der Waals surface area (Å²) in [6.07, 6.45) is 1.56. The second-order valence-electron chi connectivity index (χ2n) is 5.73. The number of sulfone groups is 1. The van der Waals surface area contributed by atoms with Gasteiger partial charge in [-0.25, -0.2) is 8.42 Å². The summed E-state index contributed by atoms with van der Waals surface area (Å²) in [5.41, 5.74) is 1.39. The first kappa shape index (κ1) is 19.1. The van der Waals surface area contributed by atoms with E-state index in [0.29, 0.717) is 0 Å². The second kappa shape index (κ2) is 8.20. The molecule has 134 valence electrons. The number of hydrogen-bond donors (Lipinski definition) is 1. The smallest absolute Gasteiger partial charge is 0.341 e. The topological polar surface area (TPSA) is 63.2 Å². The van der Waals surface area contributed by atoms with Crippen LogP contribution in [0.5, 0.6) is 0 Å². The molecule has 0 saturated heterocycles. The van der Waals surface area contributed by atoms with Crippen molar-refractivity contribution in [3.8, 4) is 0 Å². The summed E-state index contributed by atoms with van der Waals surface area (Å²) < 4.78 is 47.7. The zero-order chi connectivity index (χ0) is 18.4. The van der Waals surface area contributed by atoms with Crippen LogP contribution in [0, 0.1) is 0 Å². The minimum atomic E-state index is -4.65. The Hall–Kier alpha value is -2.28. The molecule has 0 unspecified atom stereocenters. The second-order valence-corrected chi connectivity index (χ2v) is 7.65. The highest BCUT2D eigenvalue weighted by molar-refractivity contribution is 7.91. The van der Waals surface area contributed by atoms with Crippen molar-refractivity contribution in [1.82, 2.24) is 5.32 Å². The van der Waals surface area contributed by atoms with Crippen LogP contribution in [0.25, 0.3) is 0 Å². The summed E-state index contributed by atoms with van der Waals surface area (Å²) >= 11 is 0. The molecule has 0 aliphatic carbocycles. The summed E-state index contributed by atoms with van der Waals surface area (Å²) in [5, 5.41) is 2.81. The molecule has 25 heavy (non-hydrogen) atoms. The standard InChI is InChI=1S/C18H19F2NO3S/c1-13(7-8-14-5-3-2-4-6-14)21-17(22)15-9-11-16(12-10-15)25(23,24)18(19)20/h2-6,9-13,18H,7-8H2,1H3,(H,21,22)/t13-/m0/s1. The predicted molar refractivity (Wildman–Crippen MR) is 91.3 cm³/mol. The lowest BCUT2D eigenvalue weighted by Crippen LogP contribution is -2.32. The van der Waals surface area contributed by atoms with Gasteiger partial charge in [-0.3, -0.25) is 4.79 Å². The first-order valence-electron chi connectivity index (χ1n) is 7.77. The summed E-state index contributed by atoms with van der Waals surface area (Å²) in [4.78, 5) is 11.6. The third kappa shape index (κ3) is 5.09. The van der Waals surface area contributed by atoms with Crippen LogP contribution < -0.4 is 5.32 Å². The zero-order valence-electron chi connectivity index (χ0n) is 13.7. The highest BCUT2D eigenvalue weighted by Crippen LogP contribution is 2.18. The Bertz CT molecular complexity index is 806. The van der Waals surface area contributed by atoms with Crippen LogP contribution >= 0.6 is 0 Å². The van der Waals surface area contributed by atoms with E-state index in [2.05, 4.69) is 5.32 Å². The minimum absolute atomic E-state index is 0.0859. The lowest BCUT2D eigenvalue weighted by molar-refractivity contribution is 0.0938. The van der Waals surface area contributed by atoms with Crippen LogP contribution in [0.4, 0.5) is 8.78 Å². The van der Waals surface area contributed by atoms with Crippen molar-refractivity contribution in [3.63, 3.8) is 0 Å². The fraction of sp³-hybridized carbons (Fsp3) is 0.278. The molecular weight excluding hydrogens is 348 g/mol. The molecule has 2 rings (SSSR count). The number of amides is 1. The van der Waals surface area contributed by atoms with Crippen molar-refractivity contribution < 1.29 is 22.0 Å². The van der Waals surface area contributed by atoms with E-state index in [9.17, 15) is 22.0 Å². The van der Waals surface area contributed by atoms with Gasteiger partial charge in [0.05, 0.1) is 4.90 Å². The molecule has 7 heteroatoms. The van der Waals surface area contributed by atoms with Crippen molar-refractivity contribution in [1.29, 1.82) is 0 Å². The van der Waals surface area contributed by atoms with E-state index < -0.39 is 20.5 Å². The molecule has 0 spiro atoms. The van der Waals surface area contributed by atoms with E-state index in [1.54, 1.807) is 0 Å². The molecule has 0 aliphatic rings. The van der Waals surface area contributed by atoms with Gasteiger partial charge in [-0.1, -0.05) is 30.3 Å². The van der Waals surface area contributed by atoms with Gasteiger partial charge in [0.25, 0.3) is 5.91 Å². The lowest BCUT2D eigenvalue weighted by atomic mass is 10.1. The third-order valence-electron chi connectivity index (χ3n) is 3.77. The number of alkyl halides is 2. The molecular formula is C18H19F2NO3S. The van der Waals surface area contributed by atoms with Crippen molar-refractivity contribution in [2.75, 3.05) is 0 Å². The molecule has 4 nitrogen and oxygen atoms in total. The van der Waals surface area contributed by atoms with Crippen LogP contribution in [0.3, 0.4) is 0 Å². The Labute approximate surface area is 145 Å². The minimum Gasteiger partial charge on any atom is -0.350 e. The average molecular weight is 367 g/mol. The predicted octanol–water partition coefficient (Wildman–Crippen LogP) is 3.43. The number of rotatable bonds is 7. The molecule has 0 bridgehead atoms. The largest absolute Gasteiger partial charge is 0.350 e. The van der Waals surface area contributed by atoms with Crippen LogP contribution in [-0.2, 0) is 16.3 Å². The first-order chi connectivity index (χ1) is 11.8. The van der Waals surface area contributed by atoms with Gasteiger partial charge in [-0.15, -0.1) is 0 Å². The van der Waals surface area contributed by atoms with Crippen molar-refractivity contribution in [2.24, 2.45) is 0 Å². The van der Waals surface area contributed by atoms with Crippen LogP contribution in [0.2, 0.25) is 0 Å². The Morgan fingerprint density at radius 1 is 1.04 bits per heavy atom. The maximum Gasteiger partial charge on any atom is 0.341 e. The van der Waals surface area contributed by atoms with Gasteiger partial charge in [0.1, 0.15) is 0 Å². The van der Waals surface area contributed by atoms with Gasteiger partial charge in [-0.05, 0) is 49.6 Å². The molecule has 1 atom stereocenters. The van der Waals surface area contributed by atoms with Gasteiger partial charge >= 0.3 is 5.76 Å². The molecule has 0 fully saturated rings. The number of carbonyl (C=O) groups excluding carboxylic acids is 1. The monoisotopic (exact) mass is 367 g/mol. The highest BCUT2D eigenvalue weighted by atomic mass is 32.2. The van der Waals surface area contributed by atoms with Gasteiger partial charge in [0, 0.05) is 11.6 Å². The molecule has 0 saturated carbocycles. The maximum atomic E-state index is 12.5. The van der Waals surface area contributed by atoms with E-state index in [1.165, 1.54) is 17.7 Å². The Balaban J connectivity index is 1.94. The first-order valence-corrected chi connectivity index (χ1v) is 9.32. The van der Waals surface area contributed by atoms with Gasteiger partial charge < -0.3 is 5.32 Å². The van der Waals surface area contributed by atoms with E-state index in [-0.39, 0.29) is 17.5 Å². The van der Waals surface area contributed by atoms with Crippen LogP contribution in [0.1, 0.15) is 29.3 Å². The average Bonchev–Trinajstić information content (AvgIpc) is 2.60. The van der Waals surface area contributed by atoms with Crippen molar-refractivity contribution >= 4 is 15.7 Å². The molecule has 0 aliphatic heterocycles. The van der Waals surface area contributed by atoms with Gasteiger partial charge in [0.2, 0.25) is 9.84 Å². The van der Waals surface area contributed by atoms with Crippen LogP contribution in [-0.4, -0.2) is 26.1 Å². The summed E-state index contributed by atoms with van der Waals surface area (Å²) in [5.74, 6) is -3.85. The Morgan fingerprint density at radius 2 is 1.64 bits per heavy atom. The fourth-order valence-electron chi connectivity index (χ4n) is 2.31. The number of hydrogen-bond acceptors (Lipinski definition) is 3. The molecule has 2 aromatic carbocycles. The number of halogens is 2. The molecule has 2 aromatic rings. The molecule has 0 heterocycles. The van der Waals surface area contributed by atoms with Gasteiger partial charge in [0.15, 0.2) is 0 Å². The van der Waals surface area contributed by atoms with Crippen molar-refractivity contribution in [3.05, 3.63) is 65.7 Å². The SMILES string of the molecule is C[C@@H](CCc1ccccc1)NC(=O)c1ccc(S(=O)(=O)C(F)F)cc1. The number of benzene rings is 2. The van der Waals surface area contributed by atoms with E-state index in [1.807, 2.05) is 37.3 Å². The molecule has 1 amide bonds. The molecule has 0 radical (unpaired) electrons. The Kier molecular flexibility index (Phi) is 6.25. The lowest BCUT2D eigenvalue weighted by Gasteiger charge is -2.14. The van der Waals surface area contributed by atoms with Crippen LogP contribution in [0.15, 0.2) is 59.5 Å². The number of aryl methyl sites for hydroxylation is 1. The summed E-state index contributed by atoms with van der Waals surface area (Å²) in [6, 6.07) is 14.3. The Morgan fingerprint density at radius 3 is 2.20 bits per heavy atom. The van der Waals surface area contributed by atoms with E-state index in [0.717, 1.165) is 25.0 Å². The summed E-state index contributed by atoms with van der Waals surface area (Å²) in [6.45, 7) is 1.87. The van der Waals surface area contributed by atoms with E-state index >= 15 is 0 Å². The quantitative estimate of drug-likeness (QED) is 0.815. The summed E-state index contributed by atoms with van der Waals surface area (Å²) in [7, 11) is -4.65. The van der Waals surface area contributed by atoms with Gasteiger partial charge in [-0.2, -0.15) is 8.78 Å². The molecule has 0 aromatic heterocycles. The zero-order valence-corrected chi connectivity index (χ0v) is 14.5. The number of carbonyl (C=O) groups is 1. The molecule has 1 N–H and O–H groups in total. The van der Waals surface area contributed by atoms with Crippen molar-refractivity contribution in [2.45, 2.75) is 36.5 Å². The highest BCUT2D eigenvalue weighted by Gasteiger charge is 2.26. The fourth-order valence-corrected chi connectivity index (χ4v) is 3.03.